The Morgan fingerprint density at radius 1 is 1.23 bits per heavy atom. The Morgan fingerprint density at radius 2 is 2.00 bits per heavy atom. The van der Waals surface area contributed by atoms with Crippen molar-refractivity contribution in [1.82, 2.24) is 4.98 Å². The van der Waals surface area contributed by atoms with Crippen molar-refractivity contribution in [2.45, 2.75) is 0 Å². The van der Waals surface area contributed by atoms with Gasteiger partial charge in [0.1, 0.15) is 4.60 Å². The highest BCUT2D eigenvalue weighted by Gasteiger charge is 1.97. The molecule has 2 aromatic rings. The van der Waals surface area contributed by atoms with E-state index >= 15 is 0 Å². The minimum Gasteiger partial charge on any atom is -0.241 e. The van der Waals surface area contributed by atoms with Crippen LogP contribution in [0.3, 0.4) is 0 Å². The Morgan fingerprint density at radius 3 is 2.77 bits per heavy atom. The number of rotatable bonds is 0. The standard InChI is InChI=1S/C10H5BrN2/c11-10-4-3-8-2-1-7(6-12)5-9(8)13-10/h1-5H. The summed E-state index contributed by atoms with van der Waals surface area (Å²) in [5.41, 5.74) is 1.48. The van der Waals surface area contributed by atoms with Crippen LogP contribution < -0.4 is 0 Å². The van der Waals surface area contributed by atoms with Crippen LogP contribution in [0.2, 0.25) is 0 Å². The van der Waals surface area contributed by atoms with E-state index < -0.39 is 0 Å². The van der Waals surface area contributed by atoms with E-state index in [-0.39, 0.29) is 0 Å². The smallest absolute Gasteiger partial charge is 0.106 e. The van der Waals surface area contributed by atoms with E-state index in [1.165, 1.54) is 0 Å². The van der Waals surface area contributed by atoms with Crippen LogP contribution in [0.5, 0.6) is 0 Å². The van der Waals surface area contributed by atoms with Crippen molar-refractivity contribution < 1.29 is 0 Å². The predicted octanol–water partition coefficient (Wildman–Crippen LogP) is 2.87. The van der Waals surface area contributed by atoms with Gasteiger partial charge in [-0.2, -0.15) is 5.26 Å². The number of nitriles is 1. The molecule has 0 fully saturated rings. The lowest BCUT2D eigenvalue weighted by molar-refractivity contribution is 1.35. The summed E-state index contributed by atoms with van der Waals surface area (Å²) >= 11 is 3.28. The number of aromatic nitrogens is 1. The van der Waals surface area contributed by atoms with Gasteiger partial charge in [0.15, 0.2) is 0 Å². The van der Waals surface area contributed by atoms with Gasteiger partial charge in [-0.25, -0.2) is 4.98 Å². The van der Waals surface area contributed by atoms with Crippen LogP contribution in [-0.4, -0.2) is 4.98 Å². The summed E-state index contributed by atoms with van der Waals surface area (Å²) in [5.74, 6) is 0. The molecule has 0 atom stereocenters. The van der Waals surface area contributed by atoms with E-state index in [9.17, 15) is 0 Å². The molecular weight excluding hydrogens is 228 g/mol. The quantitative estimate of drug-likeness (QED) is 0.656. The molecule has 0 bridgehead atoms. The van der Waals surface area contributed by atoms with Crippen molar-refractivity contribution in [2.24, 2.45) is 0 Å². The van der Waals surface area contributed by atoms with E-state index in [0.29, 0.717) is 5.56 Å². The van der Waals surface area contributed by atoms with Gasteiger partial charge in [0.25, 0.3) is 0 Å². The molecule has 3 heteroatoms. The molecule has 0 radical (unpaired) electrons. The van der Waals surface area contributed by atoms with Crippen molar-refractivity contribution in [3.05, 3.63) is 40.5 Å². The number of nitrogens with zero attached hydrogens (tertiary/aromatic N) is 2. The molecule has 0 unspecified atom stereocenters. The molecule has 2 nitrogen and oxygen atoms in total. The van der Waals surface area contributed by atoms with Crippen LogP contribution in [-0.2, 0) is 0 Å². The predicted molar refractivity (Wildman–Crippen MR) is 54.2 cm³/mol. The van der Waals surface area contributed by atoms with Crippen LogP contribution in [0.4, 0.5) is 0 Å². The van der Waals surface area contributed by atoms with Crippen molar-refractivity contribution in [2.75, 3.05) is 0 Å². The van der Waals surface area contributed by atoms with Crippen LogP contribution in [0.25, 0.3) is 10.9 Å². The molecule has 1 aromatic carbocycles. The van der Waals surface area contributed by atoms with Crippen LogP contribution >= 0.6 is 15.9 Å². The van der Waals surface area contributed by atoms with E-state index in [0.717, 1.165) is 15.5 Å². The molecule has 0 aliphatic rings. The fourth-order valence-corrected chi connectivity index (χ4v) is 1.49. The fraction of sp³-hybridized carbons (Fsp3) is 0. The minimum absolute atomic E-state index is 0.637. The maximum absolute atomic E-state index is 8.68. The summed E-state index contributed by atoms with van der Waals surface area (Å²) in [4.78, 5) is 4.25. The van der Waals surface area contributed by atoms with Crippen LogP contribution in [0.1, 0.15) is 5.56 Å². The van der Waals surface area contributed by atoms with Crippen molar-refractivity contribution in [3.63, 3.8) is 0 Å². The first-order valence-electron chi connectivity index (χ1n) is 3.76. The normalized spacial score (nSPS) is 9.85. The fourth-order valence-electron chi connectivity index (χ4n) is 1.16. The molecular formula is C10H5BrN2. The zero-order valence-electron chi connectivity index (χ0n) is 6.66. The lowest BCUT2D eigenvalue weighted by atomic mass is 10.1. The molecule has 0 N–H and O–H groups in total. The third kappa shape index (κ3) is 1.53. The van der Waals surface area contributed by atoms with Crippen molar-refractivity contribution in [1.29, 1.82) is 5.26 Å². The summed E-state index contributed by atoms with van der Waals surface area (Å²) in [7, 11) is 0. The highest BCUT2D eigenvalue weighted by Crippen LogP contribution is 2.16. The van der Waals surface area contributed by atoms with Gasteiger partial charge in [0.05, 0.1) is 17.1 Å². The van der Waals surface area contributed by atoms with Gasteiger partial charge >= 0.3 is 0 Å². The van der Waals surface area contributed by atoms with Crippen LogP contribution in [0.15, 0.2) is 34.9 Å². The number of fused-ring (bicyclic) bond motifs is 1. The molecule has 1 aromatic heterocycles. The number of hydrogen-bond acceptors (Lipinski definition) is 2. The number of halogens is 1. The van der Waals surface area contributed by atoms with Gasteiger partial charge in [-0.05, 0) is 34.1 Å². The average molecular weight is 233 g/mol. The van der Waals surface area contributed by atoms with E-state index in [1.54, 1.807) is 12.1 Å². The molecule has 0 aliphatic carbocycles. The Balaban J connectivity index is 2.77. The molecule has 0 saturated carbocycles. The second kappa shape index (κ2) is 3.15. The molecule has 0 aliphatic heterocycles. The first kappa shape index (κ1) is 8.21. The zero-order valence-corrected chi connectivity index (χ0v) is 8.25. The average Bonchev–Trinajstić information content (AvgIpc) is 2.16. The van der Waals surface area contributed by atoms with Crippen LogP contribution in [0, 0.1) is 11.3 Å². The molecule has 0 saturated heterocycles. The molecule has 62 valence electrons. The largest absolute Gasteiger partial charge is 0.241 e. The molecule has 13 heavy (non-hydrogen) atoms. The lowest BCUT2D eigenvalue weighted by Crippen LogP contribution is -1.81. The summed E-state index contributed by atoms with van der Waals surface area (Å²) in [6, 6.07) is 11.4. The molecule has 2 rings (SSSR count). The van der Waals surface area contributed by atoms with E-state index in [2.05, 4.69) is 27.0 Å². The monoisotopic (exact) mass is 232 g/mol. The second-order valence-electron chi connectivity index (χ2n) is 2.65. The van der Waals surface area contributed by atoms with Gasteiger partial charge < -0.3 is 0 Å². The Labute approximate surface area is 84.0 Å². The second-order valence-corrected chi connectivity index (χ2v) is 3.47. The first-order chi connectivity index (χ1) is 6.29. The summed E-state index contributed by atoms with van der Waals surface area (Å²) in [5, 5.41) is 9.72. The highest BCUT2D eigenvalue weighted by atomic mass is 79.9. The number of benzene rings is 1. The summed E-state index contributed by atoms with van der Waals surface area (Å²) in [6.07, 6.45) is 0. The van der Waals surface area contributed by atoms with Gasteiger partial charge in [-0.1, -0.05) is 12.1 Å². The van der Waals surface area contributed by atoms with Gasteiger partial charge in [0, 0.05) is 5.39 Å². The number of pyridine rings is 1. The number of hydrogen-bond donors (Lipinski definition) is 0. The molecule has 0 amide bonds. The molecule has 0 spiro atoms. The minimum atomic E-state index is 0.637. The SMILES string of the molecule is N#Cc1ccc2ccc(Br)nc2c1. The van der Waals surface area contributed by atoms with Gasteiger partial charge in [-0.15, -0.1) is 0 Å². The lowest BCUT2D eigenvalue weighted by Gasteiger charge is -1.97. The van der Waals surface area contributed by atoms with Gasteiger partial charge in [-0.3, -0.25) is 0 Å². The Hall–Kier alpha value is -1.40. The zero-order chi connectivity index (χ0) is 9.26. The highest BCUT2D eigenvalue weighted by molar-refractivity contribution is 9.10. The van der Waals surface area contributed by atoms with E-state index in [1.807, 2.05) is 18.2 Å². The Bertz CT molecular complexity index is 500. The summed E-state index contributed by atoms with van der Waals surface area (Å²) < 4.78 is 0.787. The Kier molecular flexibility index (Phi) is 1.99. The first-order valence-corrected chi connectivity index (χ1v) is 4.55. The van der Waals surface area contributed by atoms with Gasteiger partial charge in [0.2, 0.25) is 0 Å². The van der Waals surface area contributed by atoms with Crippen molar-refractivity contribution in [3.8, 4) is 6.07 Å². The maximum Gasteiger partial charge on any atom is 0.106 e. The molecule has 1 heterocycles. The topological polar surface area (TPSA) is 36.7 Å². The van der Waals surface area contributed by atoms with Crippen molar-refractivity contribution >= 4 is 26.8 Å². The summed E-state index contributed by atoms with van der Waals surface area (Å²) in [6.45, 7) is 0. The maximum atomic E-state index is 8.68. The third-order valence-electron chi connectivity index (χ3n) is 1.79. The third-order valence-corrected chi connectivity index (χ3v) is 2.23. The van der Waals surface area contributed by atoms with E-state index in [4.69, 9.17) is 5.26 Å².